The third kappa shape index (κ3) is 3.13. The number of fused-ring (bicyclic) bond motifs is 1. The molecule has 4 bridgehead atoms. The summed E-state index contributed by atoms with van der Waals surface area (Å²) in [5, 5.41) is 5.72. The highest BCUT2D eigenvalue weighted by atomic mass is 15.3. The van der Waals surface area contributed by atoms with E-state index in [1.807, 2.05) is 36.5 Å². The molecule has 7 rings (SSSR count). The van der Waals surface area contributed by atoms with Crippen LogP contribution in [0.15, 0.2) is 65.8 Å². The number of benzene rings is 2. The van der Waals surface area contributed by atoms with Crippen molar-refractivity contribution in [1.29, 1.82) is 0 Å². The van der Waals surface area contributed by atoms with E-state index in [0.29, 0.717) is 5.92 Å². The van der Waals surface area contributed by atoms with Gasteiger partial charge in [-0.1, -0.05) is 36.4 Å². The molecule has 3 nitrogen and oxygen atoms in total. The molecule has 2 aromatic carbocycles. The van der Waals surface area contributed by atoms with Crippen LogP contribution in [0.4, 0.5) is 5.69 Å². The Hall–Kier alpha value is -2.68. The van der Waals surface area contributed by atoms with Gasteiger partial charge in [-0.2, -0.15) is 5.10 Å². The quantitative estimate of drug-likeness (QED) is 0.430. The van der Waals surface area contributed by atoms with Gasteiger partial charge in [-0.25, -0.2) is 0 Å². The second kappa shape index (κ2) is 6.98. The zero-order chi connectivity index (χ0) is 19.2. The van der Waals surface area contributed by atoms with Gasteiger partial charge < -0.3 is 0 Å². The van der Waals surface area contributed by atoms with Crippen LogP contribution in [0.25, 0.3) is 10.9 Å². The summed E-state index contributed by atoms with van der Waals surface area (Å²) in [5.74, 6) is 4.30. The second-order valence-electron chi connectivity index (χ2n) is 9.35. The van der Waals surface area contributed by atoms with Gasteiger partial charge in [0.15, 0.2) is 0 Å². The number of anilines is 1. The number of hydrogen-bond donors (Lipinski definition) is 1. The van der Waals surface area contributed by atoms with Crippen molar-refractivity contribution in [3.05, 3.63) is 71.9 Å². The molecule has 1 N–H and O–H groups in total. The van der Waals surface area contributed by atoms with Crippen LogP contribution in [0.1, 0.15) is 49.3 Å². The molecule has 4 aliphatic carbocycles. The first-order valence-electron chi connectivity index (χ1n) is 11.1. The molecule has 0 aliphatic heterocycles. The Bertz CT molecular complexity index is 1030. The second-order valence-corrected chi connectivity index (χ2v) is 9.35. The fourth-order valence-corrected chi connectivity index (χ4v) is 6.60. The third-order valence-electron chi connectivity index (χ3n) is 7.51. The molecule has 4 aliphatic rings. The minimum atomic E-state index is 0.640. The molecule has 3 heteroatoms. The van der Waals surface area contributed by atoms with Crippen molar-refractivity contribution >= 4 is 22.8 Å². The lowest BCUT2D eigenvalue weighted by Crippen LogP contribution is -2.44. The predicted molar refractivity (Wildman–Crippen MR) is 119 cm³/mol. The van der Waals surface area contributed by atoms with Gasteiger partial charge in [0.2, 0.25) is 0 Å². The SMILES string of the molecule is C(=N/Nc1ccccc1)/c1cc(C2C3CC4CC(C3)CC2C4)nc2ccccc12. The lowest BCUT2D eigenvalue weighted by Gasteiger charge is -2.54. The molecule has 0 radical (unpaired) electrons. The van der Waals surface area contributed by atoms with E-state index in [1.54, 1.807) is 0 Å². The Labute approximate surface area is 172 Å². The summed E-state index contributed by atoms with van der Waals surface area (Å²) in [7, 11) is 0. The molecule has 1 aromatic heterocycles. The van der Waals surface area contributed by atoms with E-state index in [2.05, 4.69) is 40.9 Å². The number of para-hydroxylation sites is 2. The number of hydrogen-bond acceptors (Lipinski definition) is 3. The summed E-state index contributed by atoms with van der Waals surface area (Å²) in [4.78, 5) is 5.17. The number of nitrogens with one attached hydrogen (secondary N) is 1. The first-order valence-corrected chi connectivity index (χ1v) is 11.1. The van der Waals surface area contributed by atoms with Crippen LogP contribution < -0.4 is 5.43 Å². The van der Waals surface area contributed by atoms with E-state index in [4.69, 9.17) is 4.98 Å². The molecular weight excluding hydrogens is 354 g/mol. The maximum absolute atomic E-state index is 5.17. The van der Waals surface area contributed by atoms with Gasteiger partial charge in [-0.15, -0.1) is 0 Å². The predicted octanol–water partition coefficient (Wildman–Crippen LogP) is 6.22. The van der Waals surface area contributed by atoms with Crippen LogP contribution in [0.3, 0.4) is 0 Å². The van der Waals surface area contributed by atoms with Crippen molar-refractivity contribution in [2.24, 2.45) is 28.8 Å². The first kappa shape index (κ1) is 17.2. The van der Waals surface area contributed by atoms with Gasteiger partial charge in [0.05, 0.1) is 17.4 Å². The summed E-state index contributed by atoms with van der Waals surface area (Å²) >= 11 is 0. The maximum Gasteiger partial charge on any atom is 0.0712 e. The van der Waals surface area contributed by atoms with Gasteiger partial charge >= 0.3 is 0 Å². The summed E-state index contributed by atoms with van der Waals surface area (Å²) in [5.41, 5.74) is 7.73. The Balaban J connectivity index is 1.36. The van der Waals surface area contributed by atoms with E-state index in [1.165, 1.54) is 48.7 Å². The molecule has 29 heavy (non-hydrogen) atoms. The lowest BCUT2D eigenvalue weighted by atomic mass is 9.51. The monoisotopic (exact) mass is 381 g/mol. The molecule has 1 heterocycles. The fourth-order valence-electron chi connectivity index (χ4n) is 6.60. The van der Waals surface area contributed by atoms with Gasteiger partial charge in [0, 0.05) is 22.6 Å². The number of pyridine rings is 1. The van der Waals surface area contributed by atoms with Gasteiger partial charge in [0.1, 0.15) is 0 Å². The van der Waals surface area contributed by atoms with Crippen molar-refractivity contribution in [3.63, 3.8) is 0 Å². The Morgan fingerprint density at radius 1 is 0.828 bits per heavy atom. The number of rotatable bonds is 4. The first-order chi connectivity index (χ1) is 14.3. The largest absolute Gasteiger partial charge is 0.279 e. The minimum absolute atomic E-state index is 0.640. The van der Waals surface area contributed by atoms with Gasteiger partial charge in [0.25, 0.3) is 0 Å². The van der Waals surface area contributed by atoms with Crippen molar-refractivity contribution in [1.82, 2.24) is 4.98 Å². The summed E-state index contributed by atoms with van der Waals surface area (Å²) in [6.45, 7) is 0. The molecule has 0 unspecified atom stereocenters. The van der Waals surface area contributed by atoms with E-state index >= 15 is 0 Å². The minimum Gasteiger partial charge on any atom is -0.279 e. The van der Waals surface area contributed by atoms with Crippen molar-refractivity contribution in [2.75, 3.05) is 5.43 Å². The van der Waals surface area contributed by atoms with E-state index < -0.39 is 0 Å². The topological polar surface area (TPSA) is 37.3 Å². The van der Waals surface area contributed by atoms with Gasteiger partial charge in [-0.3, -0.25) is 10.4 Å². The smallest absolute Gasteiger partial charge is 0.0712 e. The molecule has 0 saturated heterocycles. The van der Waals surface area contributed by atoms with E-state index in [-0.39, 0.29) is 0 Å². The normalized spacial score (nSPS) is 30.3. The molecule has 4 fully saturated rings. The van der Waals surface area contributed by atoms with Crippen LogP contribution in [0.2, 0.25) is 0 Å². The fraction of sp³-hybridized carbons (Fsp3) is 0.385. The average Bonchev–Trinajstić information content (AvgIpc) is 2.74. The standard InChI is InChI=1S/C26H27N3/c1-2-6-22(7-3-1)29-27-16-21-15-25(28-24-9-5-4-8-23(21)24)26-19-11-17-10-18(13-19)14-20(26)12-17/h1-9,15-20,26,29H,10-14H2/b27-16-. The molecule has 0 atom stereocenters. The zero-order valence-corrected chi connectivity index (χ0v) is 16.7. The van der Waals surface area contributed by atoms with Crippen molar-refractivity contribution in [2.45, 2.75) is 38.0 Å². The molecule has 0 amide bonds. The summed E-state index contributed by atoms with van der Waals surface area (Å²) in [6.07, 6.45) is 9.15. The number of hydrazone groups is 1. The van der Waals surface area contributed by atoms with Crippen LogP contribution in [-0.4, -0.2) is 11.2 Å². The maximum atomic E-state index is 5.17. The molecule has 0 spiro atoms. The van der Waals surface area contributed by atoms with E-state index in [9.17, 15) is 0 Å². The number of aromatic nitrogens is 1. The average molecular weight is 382 g/mol. The van der Waals surface area contributed by atoms with E-state index in [0.717, 1.165) is 34.9 Å². The third-order valence-corrected chi connectivity index (χ3v) is 7.51. The molecule has 146 valence electrons. The molecule has 4 saturated carbocycles. The highest BCUT2D eigenvalue weighted by Crippen LogP contribution is 2.59. The van der Waals surface area contributed by atoms with Crippen LogP contribution in [0.5, 0.6) is 0 Å². The zero-order valence-electron chi connectivity index (χ0n) is 16.7. The van der Waals surface area contributed by atoms with Crippen molar-refractivity contribution in [3.8, 4) is 0 Å². The highest BCUT2D eigenvalue weighted by Gasteiger charge is 2.49. The molecular formula is C26H27N3. The molecule has 3 aromatic rings. The lowest BCUT2D eigenvalue weighted by molar-refractivity contribution is -0.00405. The van der Waals surface area contributed by atoms with Crippen LogP contribution >= 0.6 is 0 Å². The van der Waals surface area contributed by atoms with Crippen molar-refractivity contribution < 1.29 is 0 Å². The highest BCUT2D eigenvalue weighted by molar-refractivity contribution is 5.98. The Morgan fingerprint density at radius 2 is 1.52 bits per heavy atom. The summed E-state index contributed by atoms with van der Waals surface area (Å²) < 4.78 is 0. The van der Waals surface area contributed by atoms with Crippen LogP contribution in [0, 0.1) is 23.7 Å². The van der Waals surface area contributed by atoms with Gasteiger partial charge in [-0.05, 0) is 80.0 Å². The Kier molecular flexibility index (Phi) is 4.14. The van der Waals surface area contributed by atoms with Crippen LogP contribution in [-0.2, 0) is 0 Å². The Morgan fingerprint density at radius 3 is 2.28 bits per heavy atom. The number of nitrogens with zero attached hydrogens (tertiary/aromatic N) is 2. The summed E-state index contributed by atoms with van der Waals surface area (Å²) in [6, 6.07) is 20.9.